The molecule has 0 aliphatic carbocycles. The summed E-state index contributed by atoms with van der Waals surface area (Å²) in [6, 6.07) is 15.6. The zero-order valence-electron chi connectivity index (χ0n) is 14.7. The molecule has 1 amide bonds. The van der Waals surface area contributed by atoms with Crippen molar-refractivity contribution in [2.75, 3.05) is 0 Å². The second kappa shape index (κ2) is 6.93. The Hall–Kier alpha value is -2.89. The topological polar surface area (TPSA) is 71.1 Å². The van der Waals surface area contributed by atoms with Crippen molar-refractivity contribution in [3.63, 3.8) is 0 Å². The first-order valence-corrected chi connectivity index (χ1v) is 8.22. The lowest BCUT2D eigenvalue weighted by molar-refractivity contribution is 0.0217. The Kier molecular flexibility index (Phi) is 4.70. The number of carbonyl (C=O) groups is 1. The summed E-state index contributed by atoms with van der Waals surface area (Å²) in [6.07, 6.45) is -0.350. The molecule has 0 fully saturated rings. The summed E-state index contributed by atoms with van der Waals surface area (Å²) >= 11 is 0. The third-order valence-electron chi connectivity index (χ3n) is 3.66. The lowest BCUT2D eigenvalue weighted by Gasteiger charge is -2.27. The number of hydrogen-bond donors (Lipinski definition) is 1. The van der Waals surface area contributed by atoms with E-state index in [0.717, 1.165) is 22.2 Å². The van der Waals surface area contributed by atoms with Gasteiger partial charge >= 0.3 is 6.09 Å². The normalized spacial score (nSPS) is 11.5. The maximum Gasteiger partial charge on any atom is 0.410 e. The van der Waals surface area contributed by atoms with Crippen LogP contribution < -0.4 is 0 Å². The van der Waals surface area contributed by atoms with Crippen LogP contribution in [0.15, 0.2) is 48.5 Å². The number of fused-ring (bicyclic) bond motifs is 1. The molecule has 0 atom stereocenters. The molecule has 3 aromatic rings. The van der Waals surface area contributed by atoms with E-state index in [1.54, 1.807) is 4.90 Å². The van der Waals surface area contributed by atoms with Crippen LogP contribution in [-0.2, 0) is 17.8 Å². The molecule has 0 aliphatic heterocycles. The summed E-state index contributed by atoms with van der Waals surface area (Å²) in [6.45, 7) is 6.45. The van der Waals surface area contributed by atoms with E-state index in [2.05, 4.69) is 15.4 Å². The van der Waals surface area contributed by atoms with Crippen LogP contribution in [0, 0.1) is 0 Å². The van der Waals surface area contributed by atoms with E-state index in [9.17, 15) is 4.79 Å². The van der Waals surface area contributed by atoms with Gasteiger partial charge in [0, 0.05) is 12.1 Å². The SMILES string of the molecule is CC(C)(C)OC(=O)N(Cc1ccccc1)Cc1cccc2n[nH]nc12. The van der Waals surface area contributed by atoms with Crippen molar-refractivity contribution >= 4 is 17.1 Å². The minimum atomic E-state index is -0.550. The van der Waals surface area contributed by atoms with E-state index in [-0.39, 0.29) is 6.09 Å². The van der Waals surface area contributed by atoms with Gasteiger partial charge in [-0.25, -0.2) is 4.79 Å². The highest BCUT2D eigenvalue weighted by Crippen LogP contribution is 2.19. The molecule has 0 saturated carbocycles. The lowest BCUT2D eigenvalue weighted by Crippen LogP contribution is -2.36. The molecule has 6 heteroatoms. The maximum absolute atomic E-state index is 12.7. The maximum atomic E-state index is 12.7. The van der Waals surface area contributed by atoms with Gasteiger partial charge < -0.3 is 4.74 Å². The Morgan fingerprint density at radius 2 is 1.80 bits per heavy atom. The van der Waals surface area contributed by atoms with E-state index in [0.29, 0.717) is 13.1 Å². The number of rotatable bonds is 4. The predicted octanol–water partition coefficient (Wildman–Crippen LogP) is 3.90. The number of ether oxygens (including phenoxy) is 1. The van der Waals surface area contributed by atoms with Crippen LogP contribution in [0.2, 0.25) is 0 Å². The monoisotopic (exact) mass is 338 g/mol. The fourth-order valence-corrected chi connectivity index (χ4v) is 2.57. The molecular weight excluding hydrogens is 316 g/mol. The number of aromatic nitrogens is 3. The van der Waals surface area contributed by atoms with Crippen LogP contribution in [0.1, 0.15) is 31.9 Å². The van der Waals surface area contributed by atoms with Gasteiger partial charge in [-0.15, -0.1) is 0 Å². The number of H-pyrrole nitrogens is 1. The summed E-state index contributed by atoms with van der Waals surface area (Å²) < 4.78 is 5.58. The van der Waals surface area contributed by atoms with E-state index < -0.39 is 5.60 Å². The van der Waals surface area contributed by atoms with Crippen molar-refractivity contribution in [2.45, 2.75) is 39.5 Å². The summed E-state index contributed by atoms with van der Waals surface area (Å²) in [7, 11) is 0. The summed E-state index contributed by atoms with van der Waals surface area (Å²) in [5, 5.41) is 10.9. The van der Waals surface area contributed by atoms with Crippen molar-refractivity contribution in [3.8, 4) is 0 Å². The summed E-state index contributed by atoms with van der Waals surface area (Å²) in [4.78, 5) is 14.4. The number of hydrogen-bond acceptors (Lipinski definition) is 4. The Labute approximate surface area is 146 Å². The molecule has 6 nitrogen and oxygen atoms in total. The van der Waals surface area contributed by atoms with Crippen LogP contribution in [-0.4, -0.2) is 32.0 Å². The highest BCUT2D eigenvalue weighted by molar-refractivity contribution is 5.78. The number of amides is 1. The average molecular weight is 338 g/mol. The van der Waals surface area contributed by atoms with Gasteiger partial charge in [-0.05, 0) is 32.4 Å². The molecule has 0 radical (unpaired) electrons. The van der Waals surface area contributed by atoms with Gasteiger partial charge in [-0.1, -0.05) is 42.5 Å². The number of nitrogens with one attached hydrogen (secondary N) is 1. The van der Waals surface area contributed by atoms with Crippen LogP contribution in [0.25, 0.3) is 11.0 Å². The second-order valence-electron chi connectivity index (χ2n) is 6.93. The fraction of sp³-hybridized carbons (Fsp3) is 0.316. The quantitative estimate of drug-likeness (QED) is 0.783. The fourth-order valence-electron chi connectivity index (χ4n) is 2.57. The smallest absolute Gasteiger partial charge is 0.410 e. The molecule has 0 saturated heterocycles. The van der Waals surface area contributed by atoms with Crippen molar-refractivity contribution < 1.29 is 9.53 Å². The number of para-hydroxylation sites is 1. The molecule has 1 aromatic heterocycles. The van der Waals surface area contributed by atoms with Gasteiger partial charge in [0.15, 0.2) is 0 Å². The first kappa shape index (κ1) is 17.0. The molecule has 0 bridgehead atoms. The average Bonchev–Trinajstić information content (AvgIpc) is 3.03. The number of carbonyl (C=O) groups excluding carboxylic acids is 1. The third kappa shape index (κ3) is 4.35. The lowest BCUT2D eigenvalue weighted by atomic mass is 10.1. The zero-order valence-corrected chi connectivity index (χ0v) is 14.7. The molecule has 0 unspecified atom stereocenters. The Bertz CT molecular complexity index is 852. The standard InChI is InChI=1S/C19H22N4O2/c1-19(2,3)25-18(24)23(12-14-8-5-4-6-9-14)13-15-10-7-11-16-17(15)21-22-20-16/h4-11H,12-13H2,1-3H3,(H,20,21,22). The van der Waals surface area contributed by atoms with Crippen molar-refractivity contribution in [2.24, 2.45) is 0 Å². The molecular formula is C19H22N4O2. The number of benzene rings is 2. The zero-order chi connectivity index (χ0) is 17.9. The van der Waals surface area contributed by atoms with Crippen molar-refractivity contribution in [1.82, 2.24) is 20.3 Å². The van der Waals surface area contributed by atoms with Gasteiger partial charge in [0.25, 0.3) is 0 Å². The van der Waals surface area contributed by atoms with E-state index in [1.165, 1.54) is 0 Å². The Balaban J connectivity index is 1.87. The predicted molar refractivity (Wildman–Crippen MR) is 95.8 cm³/mol. The first-order valence-electron chi connectivity index (χ1n) is 8.22. The summed E-state index contributed by atoms with van der Waals surface area (Å²) in [5.74, 6) is 0. The summed E-state index contributed by atoms with van der Waals surface area (Å²) in [5.41, 5.74) is 2.96. The van der Waals surface area contributed by atoms with Crippen LogP contribution in [0.3, 0.4) is 0 Å². The van der Waals surface area contributed by atoms with Crippen LogP contribution >= 0.6 is 0 Å². The molecule has 25 heavy (non-hydrogen) atoms. The van der Waals surface area contributed by atoms with Gasteiger partial charge in [-0.2, -0.15) is 15.4 Å². The molecule has 1 heterocycles. The molecule has 2 aromatic carbocycles. The highest BCUT2D eigenvalue weighted by atomic mass is 16.6. The molecule has 130 valence electrons. The van der Waals surface area contributed by atoms with Gasteiger partial charge in [0.05, 0.1) is 6.54 Å². The minimum absolute atomic E-state index is 0.350. The Morgan fingerprint density at radius 3 is 2.52 bits per heavy atom. The van der Waals surface area contributed by atoms with Crippen molar-refractivity contribution in [3.05, 3.63) is 59.7 Å². The van der Waals surface area contributed by atoms with Gasteiger partial charge in [0.2, 0.25) is 0 Å². The number of nitrogens with zero attached hydrogens (tertiary/aromatic N) is 3. The van der Waals surface area contributed by atoms with E-state index in [4.69, 9.17) is 4.74 Å². The molecule has 1 N–H and O–H groups in total. The minimum Gasteiger partial charge on any atom is -0.444 e. The van der Waals surface area contributed by atoms with Gasteiger partial charge in [0.1, 0.15) is 16.6 Å². The third-order valence-corrected chi connectivity index (χ3v) is 3.66. The molecule has 3 rings (SSSR count). The van der Waals surface area contributed by atoms with Crippen LogP contribution in [0.5, 0.6) is 0 Å². The van der Waals surface area contributed by atoms with E-state index in [1.807, 2.05) is 69.3 Å². The van der Waals surface area contributed by atoms with Gasteiger partial charge in [-0.3, -0.25) is 4.90 Å². The highest BCUT2D eigenvalue weighted by Gasteiger charge is 2.23. The largest absolute Gasteiger partial charge is 0.444 e. The first-order chi connectivity index (χ1) is 11.9. The van der Waals surface area contributed by atoms with Crippen LogP contribution in [0.4, 0.5) is 4.79 Å². The second-order valence-corrected chi connectivity index (χ2v) is 6.93. The molecule has 0 spiro atoms. The van der Waals surface area contributed by atoms with Crippen molar-refractivity contribution in [1.29, 1.82) is 0 Å². The number of aromatic amines is 1. The Morgan fingerprint density at radius 1 is 1.04 bits per heavy atom. The molecule has 0 aliphatic rings. The van der Waals surface area contributed by atoms with E-state index >= 15 is 0 Å².